The molecule has 0 fully saturated rings. The minimum atomic E-state index is 0.725. The van der Waals surface area contributed by atoms with Crippen molar-refractivity contribution < 1.29 is 4.74 Å². The predicted octanol–water partition coefficient (Wildman–Crippen LogP) is 3.18. The van der Waals surface area contributed by atoms with Crippen molar-refractivity contribution in [2.45, 2.75) is 33.6 Å². The van der Waals surface area contributed by atoms with E-state index in [-0.39, 0.29) is 0 Å². The molecule has 0 spiro atoms. The summed E-state index contributed by atoms with van der Waals surface area (Å²) in [5, 5.41) is 3.47. The molecule has 0 aliphatic rings. The lowest BCUT2D eigenvalue weighted by molar-refractivity contribution is 0.408. The number of rotatable bonds is 7. The number of ether oxygens (including phenoxy) is 1. The SMILES string of the molecule is COc1ccc(C)cc1CCCNCC(C)C. The largest absolute Gasteiger partial charge is 0.496 e. The molecule has 96 valence electrons. The van der Waals surface area contributed by atoms with Gasteiger partial charge in [-0.15, -0.1) is 0 Å². The van der Waals surface area contributed by atoms with Gasteiger partial charge in [0.05, 0.1) is 7.11 Å². The molecular weight excluding hydrogens is 210 g/mol. The van der Waals surface area contributed by atoms with Gasteiger partial charge in [0, 0.05) is 0 Å². The number of nitrogens with one attached hydrogen (secondary N) is 1. The van der Waals surface area contributed by atoms with Crippen LogP contribution in [0.3, 0.4) is 0 Å². The minimum absolute atomic E-state index is 0.725. The second-order valence-electron chi connectivity index (χ2n) is 5.02. The number of hydrogen-bond acceptors (Lipinski definition) is 2. The molecule has 0 unspecified atom stereocenters. The van der Waals surface area contributed by atoms with E-state index in [4.69, 9.17) is 4.74 Å². The van der Waals surface area contributed by atoms with Crippen LogP contribution < -0.4 is 10.1 Å². The summed E-state index contributed by atoms with van der Waals surface area (Å²) in [6.07, 6.45) is 2.24. The van der Waals surface area contributed by atoms with Crippen LogP contribution >= 0.6 is 0 Å². The molecule has 0 amide bonds. The maximum absolute atomic E-state index is 5.38. The zero-order valence-corrected chi connectivity index (χ0v) is 11.5. The first-order valence-electron chi connectivity index (χ1n) is 6.47. The Hall–Kier alpha value is -1.02. The van der Waals surface area contributed by atoms with Gasteiger partial charge in [-0.2, -0.15) is 0 Å². The molecule has 2 nitrogen and oxygen atoms in total. The third-order valence-corrected chi connectivity index (χ3v) is 2.79. The molecule has 0 radical (unpaired) electrons. The Morgan fingerprint density at radius 1 is 1.29 bits per heavy atom. The van der Waals surface area contributed by atoms with Crippen molar-refractivity contribution in [2.75, 3.05) is 20.2 Å². The van der Waals surface area contributed by atoms with Gasteiger partial charge in [-0.05, 0) is 50.4 Å². The van der Waals surface area contributed by atoms with E-state index in [2.05, 4.69) is 44.3 Å². The molecule has 2 heteroatoms. The molecule has 0 aliphatic carbocycles. The van der Waals surface area contributed by atoms with Crippen molar-refractivity contribution in [1.82, 2.24) is 5.32 Å². The smallest absolute Gasteiger partial charge is 0.122 e. The highest BCUT2D eigenvalue weighted by Crippen LogP contribution is 2.20. The molecule has 0 bridgehead atoms. The van der Waals surface area contributed by atoms with Crippen LogP contribution in [0.25, 0.3) is 0 Å². The average molecular weight is 235 g/mol. The second-order valence-corrected chi connectivity index (χ2v) is 5.02. The maximum Gasteiger partial charge on any atom is 0.122 e. The van der Waals surface area contributed by atoms with Crippen LogP contribution in [0, 0.1) is 12.8 Å². The molecule has 0 saturated carbocycles. The van der Waals surface area contributed by atoms with Crippen molar-refractivity contribution in [3.8, 4) is 5.75 Å². The highest BCUT2D eigenvalue weighted by atomic mass is 16.5. The summed E-state index contributed by atoms with van der Waals surface area (Å²) in [5.74, 6) is 1.74. The van der Waals surface area contributed by atoms with Gasteiger partial charge in [-0.25, -0.2) is 0 Å². The fraction of sp³-hybridized carbons (Fsp3) is 0.600. The van der Waals surface area contributed by atoms with E-state index in [1.165, 1.54) is 11.1 Å². The van der Waals surface area contributed by atoms with E-state index in [9.17, 15) is 0 Å². The summed E-state index contributed by atoms with van der Waals surface area (Å²) in [6, 6.07) is 6.38. The molecule has 0 aromatic heterocycles. The lowest BCUT2D eigenvalue weighted by Crippen LogP contribution is -2.21. The van der Waals surface area contributed by atoms with Gasteiger partial charge < -0.3 is 10.1 Å². The number of aryl methyl sites for hydroxylation is 2. The van der Waals surface area contributed by atoms with Crippen molar-refractivity contribution >= 4 is 0 Å². The zero-order chi connectivity index (χ0) is 12.7. The molecule has 1 aromatic rings. The summed E-state index contributed by atoms with van der Waals surface area (Å²) in [7, 11) is 1.74. The van der Waals surface area contributed by atoms with E-state index in [1.807, 2.05) is 0 Å². The van der Waals surface area contributed by atoms with Crippen LogP contribution in [0.5, 0.6) is 5.75 Å². The molecule has 0 saturated heterocycles. The average Bonchev–Trinajstić information content (AvgIpc) is 2.28. The Bertz CT molecular complexity index is 334. The van der Waals surface area contributed by atoms with E-state index in [1.54, 1.807) is 7.11 Å². The van der Waals surface area contributed by atoms with Crippen LogP contribution in [0.4, 0.5) is 0 Å². The number of benzene rings is 1. The van der Waals surface area contributed by atoms with Crippen LogP contribution in [0.1, 0.15) is 31.4 Å². The molecular formula is C15H25NO. The Labute approximate surface area is 105 Å². The Balaban J connectivity index is 2.37. The molecule has 1 N–H and O–H groups in total. The van der Waals surface area contributed by atoms with Gasteiger partial charge in [0.2, 0.25) is 0 Å². The minimum Gasteiger partial charge on any atom is -0.496 e. The topological polar surface area (TPSA) is 21.3 Å². The van der Waals surface area contributed by atoms with Gasteiger partial charge in [-0.1, -0.05) is 31.5 Å². The molecule has 1 aromatic carbocycles. The van der Waals surface area contributed by atoms with E-state index < -0.39 is 0 Å². The normalized spacial score (nSPS) is 10.9. The van der Waals surface area contributed by atoms with Crippen molar-refractivity contribution in [3.05, 3.63) is 29.3 Å². The summed E-state index contributed by atoms with van der Waals surface area (Å²) in [4.78, 5) is 0. The predicted molar refractivity (Wildman–Crippen MR) is 73.8 cm³/mol. The zero-order valence-electron chi connectivity index (χ0n) is 11.5. The summed E-state index contributed by atoms with van der Waals surface area (Å²) >= 11 is 0. The molecule has 17 heavy (non-hydrogen) atoms. The third kappa shape index (κ3) is 5.22. The quantitative estimate of drug-likeness (QED) is 0.733. The van der Waals surface area contributed by atoms with Gasteiger partial charge >= 0.3 is 0 Å². The fourth-order valence-electron chi connectivity index (χ4n) is 1.90. The van der Waals surface area contributed by atoms with Crippen molar-refractivity contribution in [1.29, 1.82) is 0 Å². The molecule has 0 aliphatic heterocycles. The Morgan fingerprint density at radius 2 is 2.06 bits per heavy atom. The molecule has 0 atom stereocenters. The molecule has 0 heterocycles. The lowest BCUT2D eigenvalue weighted by Gasteiger charge is -2.10. The van der Waals surface area contributed by atoms with Gasteiger partial charge in [-0.3, -0.25) is 0 Å². The first kappa shape index (κ1) is 14.0. The summed E-state index contributed by atoms with van der Waals surface area (Å²) < 4.78 is 5.38. The first-order chi connectivity index (χ1) is 8.13. The Kier molecular flexibility index (Phi) is 6.06. The van der Waals surface area contributed by atoms with Crippen LogP contribution in [-0.4, -0.2) is 20.2 Å². The standard InChI is InChI=1S/C15H25NO/c1-12(2)11-16-9-5-6-14-10-13(3)7-8-15(14)17-4/h7-8,10,12,16H,5-6,9,11H2,1-4H3. The highest BCUT2D eigenvalue weighted by Gasteiger charge is 2.02. The van der Waals surface area contributed by atoms with E-state index in [0.29, 0.717) is 0 Å². The van der Waals surface area contributed by atoms with Crippen molar-refractivity contribution in [2.24, 2.45) is 5.92 Å². The van der Waals surface area contributed by atoms with E-state index >= 15 is 0 Å². The fourth-order valence-corrected chi connectivity index (χ4v) is 1.90. The van der Waals surface area contributed by atoms with Crippen molar-refractivity contribution in [3.63, 3.8) is 0 Å². The first-order valence-corrected chi connectivity index (χ1v) is 6.47. The third-order valence-electron chi connectivity index (χ3n) is 2.79. The van der Waals surface area contributed by atoms with Gasteiger partial charge in [0.1, 0.15) is 5.75 Å². The van der Waals surface area contributed by atoms with Gasteiger partial charge in [0.25, 0.3) is 0 Å². The van der Waals surface area contributed by atoms with Crippen LogP contribution in [0.15, 0.2) is 18.2 Å². The van der Waals surface area contributed by atoms with Crippen LogP contribution in [-0.2, 0) is 6.42 Å². The summed E-state index contributed by atoms with van der Waals surface area (Å²) in [5.41, 5.74) is 2.62. The monoisotopic (exact) mass is 235 g/mol. The lowest BCUT2D eigenvalue weighted by atomic mass is 10.1. The second kappa shape index (κ2) is 7.33. The number of methoxy groups -OCH3 is 1. The summed E-state index contributed by atoms with van der Waals surface area (Å²) in [6.45, 7) is 8.77. The number of hydrogen-bond donors (Lipinski definition) is 1. The highest BCUT2D eigenvalue weighted by molar-refractivity contribution is 5.36. The van der Waals surface area contributed by atoms with Crippen LogP contribution in [0.2, 0.25) is 0 Å². The van der Waals surface area contributed by atoms with E-state index in [0.717, 1.165) is 37.6 Å². The maximum atomic E-state index is 5.38. The Morgan fingerprint density at radius 3 is 2.71 bits per heavy atom. The van der Waals surface area contributed by atoms with Gasteiger partial charge in [0.15, 0.2) is 0 Å². The molecule has 1 rings (SSSR count).